The first-order valence-corrected chi connectivity index (χ1v) is 6.68. The van der Waals surface area contributed by atoms with Gasteiger partial charge in [-0.3, -0.25) is 4.79 Å². The number of rotatable bonds is 4. The molecule has 1 N–H and O–H groups in total. The number of carbonyl (C=O) groups is 1. The Bertz CT molecular complexity index is 512. The molecule has 5 heteroatoms. The van der Waals surface area contributed by atoms with Crippen molar-refractivity contribution in [3.8, 4) is 0 Å². The maximum absolute atomic E-state index is 12.2. The van der Waals surface area contributed by atoms with Crippen LogP contribution in [0, 0.1) is 6.92 Å². The van der Waals surface area contributed by atoms with Crippen LogP contribution in [-0.4, -0.2) is 24.2 Å². The lowest BCUT2D eigenvalue weighted by molar-refractivity contribution is -0.137. The van der Waals surface area contributed by atoms with Gasteiger partial charge in [0.05, 0.1) is 16.1 Å². The molecule has 0 amide bonds. The van der Waals surface area contributed by atoms with Gasteiger partial charge in [0.25, 0.3) is 0 Å². The number of carboxylic acids is 1. The average molecular weight is 256 g/mol. The van der Waals surface area contributed by atoms with Gasteiger partial charge in [-0.25, -0.2) is 8.42 Å². The van der Waals surface area contributed by atoms with Crippen molar-refractivity contribution in [2.24, 2.45) is 0 Å². The van der Waals surface area contributed by atoms with Crippen molar-refractivity contribution in [1.29, 1.82) is 0 Å². The molecule has 0 spiro atoms. The van der Waals surface area contributed by atoms with E-state index in [1.54, 1.807) is 12.1 Å². The lowest BCUT2D eigenvalue weighted by atomic mass is 10.1. The van der Waals surface area contributed by atoms with E-state index in [-0.39, 0.29) is 4.90 Å². The summed E-state index contributed by atoms with van der Waals surface area (Å²) in [5, 5.41) is 8.74. The summed E-state index contributed by atoms with van der Waals surface area (Å²) in [6.07, 6.45) is -0.413. The highest BCUT2D eigenvalue weighted by atomic mass is 32.2. The molecule has 0 bridgehead atoms. The zero-order valence-corrected chi connectivity index (χ0v) is 10.9. The molecule has 0 radical (unpaired) electrons. The molecule has 0 aromatic heterocycles. The van der Waals surface area contributed by atoms with Gasteiger partial charge in [-0.05, 0) is 32.9 Å². The predicted octanol–water partition coefficient (Wildman–Crippen LogP) is 2.02. The van der Waals surface area contributed by atoms with E-state index in [0.29, 0.717) is 0 Å². The second kappa shape index (κ2) is 4.49. The zero-order valence-electron chi connectivity index (χ0n) is 10.1. The number of hydrogen-bond acceptors (Lipinski definition) is 3. The molecule has 0 fully saturated rings. The van der Waals surface area contributed by atoms with E-state index in [9.17, 15) is 13.2 Å². The van der Waals surface area contributed by atoms with Crippen molar-refractivity contribution in [2.75, 3.05) is 0 Å². The average Bonchev–Trinajstić information content (AvgIpc) is 2.16. The molecular formula is C12H16O4S. The Morgan fingerprint density at radius 1 is 1.24 bits per heavy atom. The van der Waals surface area contributed by atoms with Gasteiger partial charge in [-0.15, -0.1) is 0 Å². The zero-order chi connectivity index (χ0) is 13.3. The second-order valence-electron chi connectivity index (χ2n) is 4.65. The molecule has 0 saturated carbocycles. The standard InChI is InChI=1S/C12H16O4S/c1-9-4-6-10(7-5-9)17(15,16)12(2,3)8-11(13)14/h4-7H,8H2,1-3H3,(H,13,14). The van der Waals surface area contributed by atoms with Crippen molar-refractivity contribution >= 4 is 15.8 Å². The minimum Gasteiger partial charge on any atom is -0.481 e. The molecule has 0 aliphatic rings. The normalized spacial score (nSPS) is 12.4. The number of hydrogen-bond donors (Lipinski definition) is 1. The summed E-state index contributed by atoms with van der Waals surface area (Å²) in [6.45, 7) is 4.71. The van der Waals surface area contributed by atoms with E-state index in [2.05, 4.69) is 0 Å². The van der Waals surface area contributed by atoms with Crippen LogP contribution in [0.3, 0.4) is 0 Å². The van der Waals surface area contributed by atoms with Gasteiger partial charge in [0.2, 0.25) is 0 Å². The largest absolute Gasteiger partial charge is 0.481 e. The number of carboxylic acid groups (broad SMARTS) is 1. The van der Waals surface area contributed by atoms with E-state index in [4.69, 9.17) is 5.11 Å². The fraction of sp³-hybridized carbons (Fsp3) is 0.417. The van der Waals surface area contributed by atoms with Crippen molar-refractivity contribution in [3.63, 3.8) is 0 Å². The van der Waals surface area contributed by atoms with Crippen molar-refractivity contribution in [3.05, 3.63) is 29.8 Å². The van der Waals surface area contributed by atoms with E-state index >= 15 is 0 Å². The van der Waals surface area contributed by atoms with Crippen molar-refractivity contribution < 1.29 is 18.3 Å². The molecule has 0 saturated heterocycles. The van der Waals surface area contributed by atoms with E-state index in [1.165, 1.54) is 26.0 Å². The molecule has 94 valence electrons. The van der Waals surface area contributed by atoms with Crippen LogP contribution in [0.5, 0.6) is 0 Å². The van der Waals surface area contributed by atoms with Crippen LogP contribution < -0.4 is 0 Å². The van der Waals surface area contributed by atoms with Gasteiger partial charge in [0.1, 0.15) is 0 Å². The van der Waals surface area contributed by atoms with E-state index < -0.39 is 27.0 Å². The Morgan fingerprint density at radius 3 is 2.12 bits per heavy atom. The molecule has 1 aromatic rings. The lowest BCUT2D eigenvalue weighted by Crippen LogP contribution is -2.34. The first-order chi connectivity index (χ1) is 7.67. The Balaban J connectivity index is 3.19. The second-order valence-corrected chi connectivity index (χ2v) is 7.23. The molecule has 4 nitrogen and oxygen atoms in total. The third kappa shape index (κ3) is 2.85. The highest BCUT2D eigenvalue weighted by molar-refractivity contribution is 7.92. The first kappa shape index (κ1) is 13.7. The van der Waals surface area contributed by atoms with Crippen LogP contribution >= 0.6 is 0 Å². The van der Waals surface area contributed by atoms with Crippen LogP contribution in [-0.2, 0) is 14.6 Å². The minimum atomic E-state index is -3.63. The lowest BCUT2D eigenvalue weighted by Gasteiger charge is -2.22. The minimum absolute atomic E-state index is 0.161. The predicted molar refractivity (Wildman–Crippen MR) is 64.7 cm³/mol. The summed E-state index contributed by atoms with van der Waals surface area (Å²) in [5.74, 6) is -1.12. The molecule has 1 aromatic carbocycles. The molecule has 0 heterocycles. The van der Waals surface area contributed by atoms with Gasteiger partial charge in [0.15, 0.2) is 9.84 Å². The number of aryl methyl sites for hydroxylation is 1. The van der Waals surface area contributed by atoms with Crippen molar-refractivity contribution in [2.45, 2.75) is 36.8 Å². The fourth-order valence-corrected chi connectivity index (χ4v) is 2.94. The summed E-state index contributed by atoms with van der Waals surface area (Å²) in [4.78, 5) is 10.8. The number of aliphatic carboxylic acids is 1. The van der Waals surface area contributed by atoms with E-state index in [1.807, 2.05) is 6.92 Å². The quantitative estimate of drug-likeness (QED) is 0.894. The van der Waals surface area contributed by atoms with Gasteiger partial charge >= 0.3 is 5.97 Å². The van der Waals surface area contributed by atoms with Crippen LogP contribution in [0.2, 0.25) is 0 Å². The van der Waals surface area contributed by atoms with Crippen LogP contribution in [0.1, 0.15) is 25.8 Å². The van der Waals surface area contributed by atoms with Crippen LogP contribution in [0.25, 0.3) is 0 Å². The number of sulfone groups is 1. The molecule has 17 heavy (non-hydrogen) atoms. The highest BCUT2D eigenvalue weighted by Crippen LogP contribution is 2.28. The molecule has 0 unspecified atom stereocenters. The van der Waals surface area contributed by atoms with Gasteiger partial charge in [-0.2, -0.15) is 0 Å². The summed E-state index contributed by atoms with van der Waals surface area (Å²) in [5.41, 5.74) is 0.958. The van der Waals surface area contributed by atoms with Crippen molar-refractivity contribution in [1.82, 2.24) is 0 Å². The fourth-order valence-electron chi connectivity index (χ4n) is 1.50. The topological polar surface area (TPSA) is 71.4 Å². The van der Waals surface area contributed by atoms with Gasteiger partial charge < -0.3 is 5.11 Å². The molecule has 1 rings (SSSR count). The maximum atomic E-state index is 12.2. The van der Waals surface area contributed by atoms with Gasteiger partial charge in [-0.1, -0.05) is 17.7 Å². The highest BCUT2D eigenvalue weighted by Gasteiger charge is 2.37. The number of benzene rings is 1. The Morgan fingerprint density at radius 2 is 1.71 bits per heavy atom. The summed E-state index contributed by atoms with van der Waals surface area (Å²) < 4.78 is 23.2. The van der Waals surface area contributed by atoms with Crippen LogP contribution in [0.4, 0.5) is 0 Å². The third-order valence-corrected chi connectivity index (χ3v) is 5.13. The van der Waals surface area contributed by atoms with Gasteiger partial charge in [0, 0.05) is 0 Å². The summed E-state index contributed by atoms with van der Waals surface area (Å²) >= 11 is 0. The monoisotopic (exact) mass is 256 g/mol. The maximum Gasteiger partial charge on any atom is 0.304 e. The Hall–Kier alpha value is -1.36. The molecule has 0 aliphatic carbocycles. The third-order valence-electron chi connectivity index (χ3n) is 2.64. The Labute approximate surface area is 101 Å². The summed E-state index contributed by atoms with van der Waals surface area (Å²) in [6, 6.07) is 6.41. The molecule has 0 atom stereocenters. The smallest absolute Gasteiger partial charge is 0.304 e. The first-order valence-electron chi connectivity index (χ1n) is 5.20. The summed E-state index contributed by atoms with van der Waals surface area (Å²) in [7, 11) is -3.63. The van der Waals surface area contributed by atoms with E-state index in [0.717, 1.165) is 5.56 Å². The van der Waals surface area contributed by atoms with Crippen LogP contribution in [0.15, 0.2) is 29.2 Å². The molecule has 0 aliphatic heterocycles. The SMILES string of the molecule is Cc1ccc(S(=O)(=O)C(C)(C)CC(=O)O)cc1. The molecular weight excluding hydrogens is 240 g/mol. The Kier molecular flexibility index (Phi) is 3.62.